The van der Waals surface area contributed by atoms with Crippen molar-refractivity contribution in [3.8, 4) is 11.1 Å². The van der Waals surface area contributed by atoms with Crippen molar-refractivity contribution in [2.45, 2.75) is 19.3 Å². The predicted molar refractivity (Wildman–Crippen MR) is 108 cm³/mol. The highest BCUT2D eigenvalue weighted by atomic mass is 19.1. The molecule has 0 radical (unpaired) electrons. The molecule has 4 rings (SSSR count). The lowest BCUT2D eigenvalue weighted by molar-refractivity contribution is 0.102. The fraction of sp³-hybridized carbons (Fsp3) is 0.227. The number of carbonyl (C=O) groups is 1. The van der Waals surface area contributed by atoms with Crippen LogP contribution in [-0.2, 0) is 0 Å². The number of anilines is 2. The molecule has 1 N–H and O–H groups in total. The minimum absolute atomic E-state index is 0.0621. The quantitative estimate of drug-likeness (QED) is 0.699. The highest BCUT2D eigenvalue weighted by Gasteiger charge is 2.14. The number of hydrogen-bond donors (Lipinski definition) is 1. The Balaban J connectivity index is 1.51. The number of carbonyl (C=O) groups excluding carboxylic acids is 1. The Morgan fingerprint density at radius 3 is 2.28 bits per heavy atom. The van der Waals surface area contributed by atoms with Gasteiger partial charge in [0, 0.05) is 48.4 Å². The molecule has 3 aromatic rings. The highest BCUT2D eigenvalue weighted by Crippen LogP contribution is 2.22. The number of halogens is 2. The van der Waals surface area contributed by atoms with Crippen LogP contribution in [0.2, 0.25) is 0 Å². The van der Waals surface area contributed by atoms with Gasteiger partial charge >= 0.3 is 0 Å². The van der Waals surface area contributed by atoms with E-state index in [2.05, 4.69) is 20.2 Å². The van der Waals surface area contributed by atoms with Crippen molar-refractivity contribution < 1.29 is 13.6 Å². The van der Waals surface area contributed by atoms with Crippen LogP contribution in [0.5, 0.6) is 0 Å². The number of amides is 1. The van der Waals surface area contributed by atoms with Crippen molar-refractivity contribution in [1.29, 1.82) is 0 Å². The Morgan fingerprint density at radius 2 is 1.59 bits per heavy atom. The maximum atomic E-state index is 13.3. The van der Waals surface area contributed by atoms with Crippen molar-refractivity contribution in [1.82, 2.24) is 9.97 Å². The minimum Gasteiger partial charge on any atom is -0.341 e. The molecule has 1 aliphatic heterocycles. The third-order valence-electron chi connectivity index (χ3n) is 4.86. The van der Waals surface area contributed by atoms with E-state index in [1.807, 2.05) is 6.07 Å². The van der Waals surface area contributed by atoms with E-state index in [1.165, 1.54) is 6.42 Å². The second kappa shape index (κ2) is 8.34. The number of rotatable bonds is 4. The number of aromatic nitrogens is 2. The zero-order chi connectivity index (χ0) is 20.2. The molecule has 148 valence electrons. The molecule has 1 saturated heterocycles. The Bertz CT molecular complexity index is 997. The average Bonchev–Trinajstić information content (AvgIpc) is 2.74. The maximum absolute atomic E-state index is 13.3. The van der Waals surface area contributed by atoms with Gasteiger partial charge in [-0.05, 0) is 49.1 Å². The SMILES string of the molecule is O=C(Nc1cc(F)cc(F)c1)c1cccc(-c2cnc(N3CCCCC3)nc2)c1. The monoisotopic (exact) mass is 394 g/mol. The summed E-state index contributed by atoms with van der Waals surface area (Å²) in [6, 6.07) is 9.83. The van der Waals surface area contributed by atoms with E-state index in [-0.39, 0.29) is 5.69 Å². The molecule has 1 aromatic heterocycles. The van der Waals surface area contributed by atoms with Crippen LogP contribution in [0.3, 0.4) is 0 Å². The summed E-state index contributed by atoms with van der Waals surface area (Å²) >= 11 is 0. The smallest absolute Gasteiger partial charge is 0.255 e. The Morgan fingerprint density at radius 1 is 0.897 bits per heavy atom. The van der Waals surface area contributed by atoms with E-state index in [1.54, 1.807) is 30.6 Å². The summed E-state index contributed by atoms with van der Waals surface area (Å²) in [6.07, 6.45) is 7.03. The van der Waals surface area contributed by atoms with Gasteiger partial charge in [0.2, 0.25) is 5.95 Å². The molecule has 29 heavy (non-hydrogen) atoms. The predicted octanol–water partition coefficient (Wildman–Crippen LogP) is 4.66. The van der Waals surface area contributed by atoms with E-state index in [9.17, 15) is 13.6 Å². The van der Waals surface area contributed by atoms with Crippen LogP contribution in [0.4, 0.5) is 20.4 Å². The maximum Gasteiger partial charge on any atom is 0.255 e. The standard InChI is InChI=1S/C22H20F2N4O/c23-18-10-19(24)12-20(11-18)27-21(29)16-6-4-5-15(9-16)17-13-25-22(26-14-17)28-7-2-1-3-8-28/h4-6,9-14H,1-3,7-8H2,(H,27,29). The normalized spacial score (nSPS) is 13.9. The van der Waals surface area contributed by atoms with Gasteiger partial charge in [-0.1, -0.05) is 12.1 Å². The second-order valence-corrected chi connectivity index (χ2v) is 7.01. The van der Waals surface area contributed by atoms with E-state index in [0.717, 1.165) is 61.2 Å². The van der Waals surface area contributed by atoms with E-state index >= 15 is 0 Å². The average molecular weight is 394 g/mol. The van der Waals surface area contributed by atoms with E-state index in [4.69, 9.17) is 0 Å². The van der Waals surface area contributed by atoms with Crippen LogP contribution >= 0.6 is 0 Å². The first-order valence-electron chi connectivity index (χ1n) is 9.53. The molecule has 0 unspecified atom stereocenters. The molecule has 1 aliphatic rings. The number of piperidine rings is 1. The summed E-state index contributed by atoms with van der Waals surface area (Å²) < 4.78 is 26.6. The summed E-state index contributed by atoms with van der Waals surface area (Å²) in [4.78, 5) is 23.6. The van der Waals surface area contributed by atoms with Crippen molar-refractivity contribution in [2.24, 2.45) is 0 Å². The fourth-order valence-corrected chi connectivity index (χ4v) is 3.40. The zero-order valence-electron chi connectivity index (χ0n) is 15.7. The van der Waals surface area contributed by atoms with Crippen LogP contribution in [0.1, 0.15) is 29.6 Å². The molecular weight excluding hydrogens is 374 g/mol. The summed E-state index contributed by atoms with van der Waals surface area (Å²) in [5.41, 5.74) is 2.00. The molecule has 0 aliphatic carbocycles. The van der Waals surface area contributed by atoms with Crippen molar-refractivity contribution in [3.63, 3.8) is 0 Å². The number of nitrogens with zero attached hydrogens (tertiary/aromatic N) is 3. The third kappa shape index (κ3) is 4.56. The van der Waals surface area contributed by atoms with E-state index < -0.39 is 17.5 Å². The molecule has 5 nitrogen and oxygen atoms in total. The van der Waals surface area contributed by atoms with Gasteiger partial charge in [0.15, 0.2) is 0 Å². The van der Waals surface area contributed by atoms with Gasteiger partial charge < -0.3 is 10.2 Å². The number of benzene rings is 2. The van der Waals surface area contributed by atoms with Crippen LogP contribution in [0, 0.1) is 11.6 Å². The number of nitrogens with one attached hydrogen (secondary N) is 1. The van der Waals surface area contributed by atoms with Gasteiger partial charge in [-0.3, -0.25) is 4.79 Å². The molecule has 0 bridgehead atoms. The third-order valence-corrected chi connectivity index (χ3v) is 4.86. The molecule has 0 saturated carbocycles. The fourth-order valence-electron chi connectivity index (χ4n) is 3.40. The zero-order valence-corrected chi connectivity index (χ0v) is 15.7. The molecule has 0 atom stereocenters. The Labute approximate surface area is 167 Å². The van der Waals surface area contributed by atoms with Crippen molar-refractivity contribution in [2.75, 3.05) is 23.3 Å². The summed E-state index contributed by atoms with van der Waals surface area (Å²) in [5, 5.41) is 2.51. The largest absolute Gasteiger partial charge is 0.341 e. The van der Waals surface area contributed by atoms with Gasteiger partial charge in [-0.2, -0.15) is 0 Å². The van der Waals surface area contributed by atoms with Crippen molar-refractivity contribution >= 4 is 17.5 Å². The molecular formula is C22H20F2N4O. The second-order valence-electron chi connectivity index (χ2n) is 7.01. The van der Waals surface area contributed by atoms with Crippen LogP contribution in [-0.4, -0.2) is 29.0 Å². The van der Waals surface area contributed by atoms with Crippen LogP contribution in [0.15, 0.2) is 54.9 Å². The molecule has 0 spiro atoms. The molecule has 2 heterocycles. The first-order chi connectivity index (χ1) is 14.1. The Kier molecular flexibility index (Phi) is 5.46. The first kappa shape index (κ1) is 19.0. The first-order valence-corrected chi connectivity index (χ1v) is 9.53. The Hall–Kier alpha value is -3.35. The molecule has 2 aromatic carbocycles. The van der Waals surface area contributed by atoms with Crippen LogP contribution in [0.25, 0.3) is 11.1 Å². The topological polar surface area (TPSA) is 58.1 Å². The molecule has 1 amide bonds. The lowest BCUT2D eigenvalue weighted by atomic mass is 10.1. The van der Waals surface area contributed by atoms with Gasteiger partial charge in [0.1, 0.15) is 11.6 Å². The highest BCUT2D eigenvalue weighted by molar-refractivity contribution is 6.04. The summed E-state index contributed by atoms with van der Waals surface area (Å²) in [5.74, 6) is -1.24. The lowest BCUT2D eigenvalue weighted by Gasteiger charge is -2.26. The van der Waals surface area contributed by atoms with Gasteiger partial charge in [-0.25, -0.2) is 18.7 Å². The number of hydrogen-bond acceptors (Lipinski definition) is 4. The minimum atomic E-state index is -0.750. The summed E-state index contributed by atoms with van der Waals surface area (Å²) in [6.45, 7) is 1.94. The van der Waals surface area contributed by atoms with Gasteiger partial charge in [0.25, 0.3) is 5.91 Å². The lowest BCUT2D eigenvalue weighted by Crippen LogP contribution is -2.30. The van der Waals surface area contributed by atoms with Gasteiger partial charge in [-0.15, -0.1) is 0 Å². The van der Waals surface area contributed by atoms with Crippen molar-refractivity contribution in [3.05, 3.63) is 72.1 Å². The van der Waals surface area contributed by atoms with Crippen LogP contribution < -0.4 is 10.2 Å². The molecule has 7 heteroatoms. The molecule has 1 fully saturated rings. The van der Waals surface area contributed by atoms with E-state index in [0.29, 0.717) is 5.56 Å². The summed E-state index contributed by atoms with van der Waals surface area (Å²) in [7, 11) is 0. The van der Waals surface area contributed by atoms with Gasteiger partial charge in [0.05, 0.1) is 0 Å².